The van der Waals surface area contributed by atoms with E-state index < -0.39 is 0 Å². The fourth-order valence-electron chi connectivity index (χ4n) is 3.01. The van der Waals surface area contributed by atoms with Crippen LogP contribution in [-0.4, -0.2) is 5.11 Å². The van der Waals surface area contributed by atoms with Crippen LogP contribution in [0.1, 0.15) is 0 Å². The number of ether oxygens (including phenoxy) is 1. The van der Waals surface area contributed by atoms with Gasteiger partial charge < -0.3 is 9.84 Å². The van der Waals surface area contributed by atoms with Gasteiger partial charge in [-0.2, -0.15) is 0 Å². The summed E-state index contributed by atoms with van der Waals surface area (Å²) < 4.78 is 6.27. The van der Waals surface area contributed by atoms with Crippen molar-refractivity contribution in [1.29, 1.82) is 0 Å². The molecule has 26 heavy (non-hydrogen) atoms. The van der Waals surface area contributed by atoms with Crippen molar-refractivity contribution in [2.45, 2.75) is 0 Å². The average molecular weight is 338 g/mol. The van der Waals surface area contributed by atoms with Gasteiger partial charge in [0.2, 0.25) is 0 Å². The zero-order chi connectivity index (χ0) is 17.8. The SMILES string of the molecule is Oc1ccc(-c2ccccc2)c(Oc2ccccc2)c1-c1ccccc1. The zero-order valence-corrected chi connectivity index (χ0v) is 14.2. The Hall–Kier alpha value is -3.52. The molecule has 0 amide bonds. The van der Waals surface area contributed by atoms with Crippen LogP contribution in [0.3, 0.4) is 0 Å². The number of benzene rings is 4. The molecular weight excluding hydrogens is 320 g/mol. The van der Waals surface area contributed by atoms with Gasteiger partial charge in [-0.3, -0.25) is 0 Å². The Kier molecular flexibility index (Phi) is 4.40. The predicted octanol–water partition coefficient (Wildman–Crippen LogP) is 6.52. The minimum Gasteiger partial charge on any atom is -0.507 e. The van der Waals surface area contributed by atoms with Gasteiger partial charge in [0.05, 0.1) is 5.56 Å². The van der Waals surface area contributed by atoms with Crippen molar-refractivity contribution in [2.24, 2.45) is 0 Å². The second kappa shape index (κ2) is 7.16. The first-order valence-electron chi connectivity index (χ1n) is 8.52. The molecule has 4 rings (SSSR count). The lowest BCUT2D eigenvalue weighted by Crippen LogP contribution is -1.93. The Balaban J connectivity index is 1.95. The lowest BCUT2D eigenvalue weighted by Gasteiger charge is -2.17. The van der Waals surface area contributed by atoms with E-state index in [-0.39, 0.29) is 5.75 Å². The third kappa shape index (κ3) is 3.17. The Morgan fingerprint density at radius 1 is 0.538 bits per heavy atom. The maximum Gasteiger partial charge on any atom is 0.146 e. The minimum absolute atomic E-state index is 0.196. The molecule has 126 valence electrons. The third-order valence-corrected chi connectivity index (χ3v) is 4.25. The summed E-state index contributed by atoms with van der Waals surface area (Å²) in [6.45, 7) is 0. The first-order chi connectivity index (χ1) is 12.8. The molecule has 0 atom stereocenters. The van der Waals surface area contributed by atoms with Crippen molar-refractivity contribution >= 4 is 0 Å². The van der Waals surface area contributed by atoms with Crippen LogP contribution in [0.25, 0.3) is 22.3 Å². The molecule has 0 saturated carbocycles. The van der Waals surface area contributed by atoms with Gasteiger partial charge in [-0.1, -0.05) is 78.9 Å². The summed E-state index contributed by atoms with van der Waals surface area (Å²) in [6.07, 6.45) is 0. The molecule has 0 bridgehead atoms. The molecule has 0 heterocycles. The molecule has 0 aliphatic rings. The first kappa shape index (κ1) is 16.0. The fourth-order valence-corrected chi connectivity index (χ4v) is 3.01. The molecular formula is C24H18O2. The summed E-state index contributed by atoms with van der Waals surface area (Å²) in [5, 5.41) is 10.6. The van der Waals surface area contributed by atoms with E-state index in [1.54, 1.807) is 6.07 Å². The van der Waals surface area contributed by atoms with E-state index in [9.17, 15) is 5.11 Å². The summed E-state index contributed by atoms with van der Waals surface area (Å²) in [5.74, 6) is 1.57. The van der Waals surface area contributed by atoms with Crippen molar-refractivity contribution in [2.75, 3.05) is 0 Å². The number of para-hydroxylation sites is 1. The maximum absolute atomic E-state index is 10.6. The van der Waals surface area contributed by atoms with Gasteiger partial charge in [-0.25, -0.2) is 0 Å². The van der Waals surface area contributed by atoms with Crippen LogP contribution in [0.2, 0.25) is 0 Å². The van der Waals surface area contributed by atoms with E-state index >= 15 is 0 Å². The van der Waals surface area contributed by atoms with Gasteiger partial charge in [0.1, 0.15) is 17.2 Å². The van der Waals surface area contributed by atoms with E-state index in [0.29, 0.717) is 11.3 Å². The normalized spacial score (nSPS) is 10.5. The molecule has 2 nitrogen and oxygen atoms in total. The molecule has 4 aromatic rings. The van der Waals surface area contributed by atoms with Crippen molar-refractivity contribution in [1.82, 2.24) is 0 Å². The minimum atomic E-state index is 0.196. The van der Waals surface area contributed by atoms with Gasteiger partial charge in [-0.05, 0) is 35.4 Å². The number of phenolic OH excluding ortho intramolecular Hbond substituents is 1. The zero-order valence-electron chi connectivity index (χ0n) is 14.2. The number of aromatic hydroxyl groups is 1. The second-order valence-corrected chi connectivity index (χ2v) is 5.98. The summed E-state index contributed by atoms with van der Waals surface area (Å²) in [4.78, 5) is 0. The maximum atomic E-state index is 10.6. The molecule has 0 aliphatic heterocycles. The van der Waals surface area contributed by atoms with Crippen molar-refractivity contribution in [3.05, 3.63) is 103 Å². The number of hydrogen-bond acceptors (Lipinski definition) is 2. The number of rotatable bonds is 4. The van der Waals surface area contributed by atoms with Gasteiger partial charge in [-0.15, -0.1) is 0 Å². The molecule has 0 saturated heterocycles. The second-order valence-electron chi connectivity index (χ2n) is 5.98. The van der Waals surface area contributed by atoms with Crippen LogP contribution in [0.4, 0.5) is 0 Å². The van der Waals surface area contributed by atoms with Gasteiger partial charge in [0.15, 0.2) is 0 Å². The monoisotopic (exact) mass is 338 g/mol. The van der Waals surface area contributed by atoms with Gasteiger partial charge >= 0.3 is 0 Å². The Labute approximate surface area is 153 Å². The molecule has 0 spiro atoms. The van der Waals surface area contributed by atoms with E-state index in [0.717, 1.165) is 22.4 Å². The highest BCUT2D eigenvalue weighted by Crippen LogP contribution is 2.46. The summed E-state index contributed by atoms with van der Waals surface area (Å²) in [7, 11) is 0. The van der Waals surface area contributed by atoms with Crippen molar-refractivity contribution in [3.8, 4) is 39.5 Å². The van der Waals surface area contributed by atoms with E-state index in [4.69, 9.17) is 4.74 Å². The van der Waals surface area contributed by atoms with Crippen LogP contribution in [0.15, 0.2) is 103 Å². The number of phenols is 1. The fraction of sp³-hybridized carbons (Fsp3) is 0. The van der Waals surface area contributed by atoms with Crippen LogP contribution >= 0.6 is 0 Å². The number of hydrogen-bond donors (Lipinski definition) is 1. The smallest absolute Gasteiger partial charge is 0.146 e. The highest BCUT2D eigenvalue weighted by Gasteiger charge is 2.18. The molecule has 0 unspecified atom stereocenters. The molecule has 0 aromatic heterocycles. The molecule has 0 aliphatic carbocycles. The lowest BCUT2D eigenvalue weighted by atomic mass is 9.96. The summed E-state index contributed by atoms with van der Waals surface area (Å²) in [5.41, 5.74) is 3.58. The predicted molar refractivity (Wildman–Crippen MR) is 105 cm³/mol. The molecule has 0 fully saturated rings. The van der Waals surface area contributed by atoms with E-state index in [2.05, 4.69) is 0 Å². The molecule has 0 radical (unpaired) electrons. The largest absolute Gasteiger partial charge is 0.507 e. The quantitative estimate of drug-likeness (QED) is 0.459. The van der Waals surface area contributed by atoms with E-state index in [1.807, 2.05) is 97.1 Å². The van der Waals surface area contributed by atoms with Crippen LogP contribution in [-0.2, 0) is 0 Å². The molecule has 1 N–H and O–H groups in total. The highest BCUT2D eigenvalue weighted by molar-refractivity contribution is 5.86. The van der Waals surface area contributed by atoms with E-state index in [1.165, 1.54) is 0 Å². The van der Waals surface area contributed by atoms with Crippen LogP contribution in [0.5, 0.6) is 17.2 Å². The topological polar surface area (TPSA) is 29.5 Å². The van der Waals surface area contributed by atoms with Crippen molar-refractivity contribution in [3.63, 3.8) is 0 Å². The van der Waals surface area contributed by atoms with Gasteiger partial charge in [0, 0.05) is 5.56 Å². The van der Waals surface area contributed by atoms with Crippen LogP contribution in [0, 0.1) is 0 Å². The standard InChI is InChI=1S/C24H18O2/c25-22-17-16-21(18-10-4-1-5-11-18)24(26-20-14-8-3-9-15-20)23(22)19-12-6-2-7-13-19/h1-17,25H. The Bertz CT molecular complexity index is 994. The van der Waals surface area contributed by atoms with Crippen LogP contribution < -0.4 is 4.74 Å². The first-order valence-corrected chi connectivity index (χ1v) is 8.52. The van der Waals surface area contributed by atoms with Gasteiger partial charge in [0.25, 0.3) is 0 Å². The average Bonchev–Trinajstić information content (AvgIpc) is 2.70. The summed E-state index contributed by atoms with van der Waals surface area (Å²) >= 11 is 0. The third-order valence-electron chi connectivity index (χ3n) is 4.25. The molecule has 2 heteroatoms. The summed E-state index contributed by atoms with van der Waals surface area (Å²) in [6, 6.07) is 33.1. The van der Waals surface area contributed by atoms with Crippen molar-refractivity contribution < 1.29 is 9.84 Å². The molecule has 4 aromatic carbocycles. The lowest BCUT2D eigenvalue weighted by molar-refractivity contribution is 0.459. The Morgan fingerprint density at radius 2 is 1.08 bits per heavy atom. The Morgan fingerprint density at radius 3 is 1.69 bits per heavy atom. The highest BCUT2D eigenvalue weighted by atomic mass is 16.5.